The van der Waals surface area contributed by atoms with Crippen LogP contribution in [0.1, 0.15) is 17.5 Å². The predicted molar refractivity (Wildman–Crippen MR) is 99.6 cm³/mol. The Morgan fingerprint density at radius 3 is 2.81 bits per heavy atom. The van der Waals surface area contributed by atoms with Crippen molar-refractivity contribution in [3.63, 3.8) is 0 Å². The second kappa shape index (κ2) is 7.87. The lowest BCUT2D eigenvalue weighted by Gasteiger charge is -2.17. The molecule has 3 rings (SSSR count). The number of halogens is 2. The highest BCUT2D eigenvalue weighted by Gasteiger charge is 2.34. The van der Waals surface area contributed by atoms with Crippen LogP contribution in [0.3, 0.4) is 0 Å². The van der Waals surface area contributed by atoms with Gasteiger partial charge in [-0.3, -0.25) is 9.59 Å². The summed E-state index contributed by atoms with van der Waals surface area (Å²) in [5, 5.41) is 3.47. The van der Waals surface area contributed by atoms with Crippen molar-refractivity contribution in [2.24, 2.45) is 5.92 Å². The van der Waals surface area contributed by atoms with Crippen LogP contribution < -0.4 is 5.32 Å². The molecule has 0 radical (unpaired) electrons. The summed E-state index contributed by atoms with van der Waals surface area (Å²) >= 11 is 5.92. The Labute approximate surface area is 157 Å². The summed E-state index contributed by atoms with van der Waals surface area (Å²) in [6.45, 7) is 2.62. The van der Waals surface area contributed by atoms with E-state index in [1.807, 2.05) is 6.92 Å². The normalized spacial score (nSPS) is 16.8. The Kier molecular flexibility index (Phi) is 5.57. The Bertz CT molecular complexity index is 840. The van der Waals surface area contributed by atoms with Gasteiger partial charge in [0.15, 0.2) is 0 Å². The zero-order valence-electron chi connectivity index (χ0n) is 14.5. The van der Waals surface area contributed by atoms with Gasteiger partial charge in [0.05, 0.1) is 5.92 Å². The minimum Gasteiger partial charge on any atom is -0.342 e. The van der Waals surface area contributed by atoms with E-state index in [1.54, 1.807) is 41.3 Å². The number of benzene rings is 2. The number of anilines is 1. The third-order valence-corrected chi connectivity index (χ3v) is 4.88. The molecular formula is C20H20ClFN2O2. The lowest BCUT2D eigenvalue weighted by atomic mass is 10.1. The third-order valence-electron chi connectivity index (χ3n) is 4.64. The fourth-order valence-corrected chi connectivity index (χ4v) is 3.35. The van der Waals surface area contributed by atoms with Gasteiger partial charge < -0.3 is 10.2 Å². The van der Waals surface area contributed by atoms with Crippen molar-refractivity contribution >= 4 is 29.1 Å². The molecule has 4 nitrogen and oxygen atoms in total. The van der Waals surface area contributed by atoms with E-state index in [2.05, 4.69) is 5.32 Å². The van der Waals surface area contributed by atoms with E-state index in [4.69, 9.17) is 11.6 Å². The van der Waals surface area contributed by atoms with Gasteiger partial charge in [-0.15, -0.1) is 0 Å². The molecule has 6 heteroatoms. The quantitative estimate of drug-likeness (QED) is 0.865. The number of carbonyl (C=O) groups is 2. The van der Waals surface area contributed by atoms with Crippen LogP contribution in [0.15, 0.2) is 42.5 Å². The number of nitrogens with zero attached hydrogens (tertiary/aromatic N) is 1. The maximum Gasteiger partial charge on any atom is 0.229 e. The Morgan fingerprint density at radius 2 is 2.08 bits per heavy atom. The van der Waals surface area contributed by atoms with Gasteiger partial charge in [-0.1, -0.05) is 29.8 Å². The van der Waals surface area contributed by atoms with Crippen molar-refractivity contribution in [2.45, 2.75) is 19.8 Å². The molecule has 1 saturated heterocycles. The topological polar surface area (TPSA) is 49.4 Å². The Hall–Kier alpha value is -2.40. The number of rotatable bonds is 5. The summed E-state index contributed by atoms with van der Waals surface area (Å²) in [6.07, 6.45) is 0.610. The summed E-state index contributed by atoms with van der Waals surface area (Å²) in [5.41, 5.74) is 2.13. The lowest BCUT2D eigenvalue weighted by molar-refractivity contribution is -0.128. The number of amides is 2. The standard InChI is InChI=1S/C20H20ClFN2O2/c1-13-10-16(21)6-7-18(13)23-20(26)15-11-19(25)24(12-15)9-8-14-4-2-3-5-17(14)22/h2-7,10,15H,8-9,11-12H2,1H3,(H,23,26). The van der Waals surface area contributed by atoms with Gasteiger partial charge >= 0.3 is 0 Å². The number of aryl methyl sites for hydroxylation is 1. The smallest absolute Gasteiger partial charge is 0.229 e. The lowest BCUT2D eigenvalue weighted by Crippen LogP contribution is -2.30. The van der Waals surface area contributed by atoms with E-state index in [9.17, 15) is 14.0 Å². The van der Waals surface area contributed by atoms with Gasteiger partial charge in [0, 0.05) is 30.2 Å². The van der Waals surface area contributed by atoms with Gasteiger partial charge in [-0.05, 0) is 48.7 Å². The van der Waals surface area contributed by atoms with Crippen LogP contribution in [-0.4, -0.2) is 29.8 Å². The van der Waals surface area contributed by atoms with Crippen LogP contribution in [0.4, 0.5) is 10.1 Å². The average molecular weight is 375 g/mol. The summed E-state index contributed by atoms with van der Waals surface area (Å²) in [6, 6.07) is 11.8. The molecule has 0 aromatic heterocycles. The fourth-order valence-electron chi connectivity index (χ4n) is 3.12. The highest BCUT2D eigenvalue weighted by atomic mass is 35.5. The molecule has 2 amide bonds. The molecule has 0 spiro atoms. The SMILES string of the molecule is Cc1cc(Cl)ccc1NC(=O)C1CC(=O)N(CCc2ccccc2F)C1. The first-order valence-corrected chi connectivity index (χ1v) is 8.90. The van der Waals surface area contributed by atoms with Crippen LogP contribution in [-0.2, 0) is 16.0 Å². The largest absolute Gasteiger partial charge is 0.342 e. The zero-order chi connectivity index (χ0) is 18.7. The summed E-state index contributed by atoms with van der Waals surface area (Å²) in [4.78, 5) is 26.3. The van der Waals surface area contributed by atoms with E-state index >= 15 is 0 Å². The first-order chi connectivity index (χ1) is 12.4. The van der Waals surface area contributed by atoms with Crippen LogP contribution in [0.2, 0.25) is 5.02 Å². The zero-order valence-corrected chi connectivity index (χ0v) is 15.2. The van der Waals surface area contributed by atoms with E-state index in [0.29, 0.717) is 35.8 Å². The molecule has 1 aliphatic rings. The van der Waals surface area contributed by atoms with Gasteiger partial charge in [0.25, 0.3) is 0 Å². The van der Waals surface area contributed by atoms with Crippen molar-refractivity contribution in [1.82, 2.24) is 4.90 Å². The molecule has 1 atom stereocenters. The van der Waals surface area contributed by atoms with Crippen molar-refractivity contribution in [2.75, 3.05) is 18.4 Å². The van der Waals surface area contributed by atoms with Gasteiger partial charge in [0.2, 0.25) is 11.8 Å². The molecule has 1 heterocycles. The highest BCUT2D eigenvalue weighted by Crippen LogP contribution is 2.23. The van der Waals surface area contributed by atoms with Crippen molar-refractivity contribution in [3.05, 3.63) is 64.4 Å². The van der Waals surface area contributed by atoms with Crippen molar-refractivity contribution < 1.29 is 14.0 Å². The van der Waals surface area contributed by atoms with E-state index < -0.39 is 5.92 Å². The maximum absolute atomic E-state index is 13.7. The molecule has 2 aromatic rings. The Balaban J connectivity index is 1.58. The molecule has 0 saturated carbocycles. The van der Waals surface area contributed by atoms with E-state index in [0.717, 1.165) is 5.56 Å². The predicted octanol–water partition coefficient (Wildman–Crippen LogP) is 3.82. The fraction of sp³-hybridized carbons (Fsp3) is 0.300. The third kappa shape index (κ3) is 4.22. The minimum atomic E-state index is -0.404. The van der Waals surface area contributed by atoms with Gasteiger partial charge in [0.1, 0.15) is 5.82 Å². The number of hydrogen-bond donors (Lipinski definition) is 1. The number of carbonyl (C=O) groups excluding carboxylic acids is 2. The first-order valence-electron chi connectivity index (χ1n) is 8.52. The van der Waals surface area contributed by atoms with Crippen LogP contribution in [0.5, 0.6) is 0 Å². The molecule has 1 N–H and O–H groups in total. The second-order valence-electron chi connectivity index (χ2n) is 6.53. The molecule has 1 unspecified atom stereocenters. The number of hydrogen-bond acceptors (Lipinski definition) is 2. The minimum absolute atomic E-state index is 0.0747. The summed E-state index contributed by atoms with van der Waals surface area (Å²) in [5.74, 6) is -0.934. The monoisotopic (exact) mass is 374 g/mol. The summed E-state index contributed by atoms with van der Waals surface area (Å²) < 4.78 is 13.7. The van der Waals surface area contributed by atoms with Gasteiger partial charge in [-0.25, -0.2) is 4.39 Å². The van der Waals surface area contributed by atoms with Crippen LogP contribution in [0, 0.1) is 18.7 Å². The van der Waals surface area contributed by atoms with Crippen molar-refractivity contribution in [1.29, 1.82) is 0 Å². The number of likely N-dealkylation sites (tertiary alicyclic amines) is 1. The van der Waals surface area contributed by atoms with Crippen molar-refractivity contribution in [3.8, 4) is 0 Å². The molecule has 26 heavy (non-hydrogen) atoms. The molecular weight excluding hydrogens is 355 g/mol. The van der Waals surface area contributed by atoms with Crippen LogP contribution in [0.25, 0.3) is 0 Å². The molecule has 1 aliphatic heterocycles. The number of nitrogens with one attached hydrogen (secondary N) is 1. The molecule has 0 aliphatic carbocycles. The molecule has 2 aromatic carbocycles. The van der Waals surface area contributed by atoms with E-state index in [1.165, 1.54) is 6.07 Å². The summed E-state index contributed by atoms with van der Waals surface area (Å²) in [7, 11) is 0. The highest BCUT2D eigenvalue weighted by molar-refractivity contribution is 6.30. The molecule has 136 valence electrons. The Morgan fingerprint density at radius 1 is 1.31 bits per heavy atom. The first kappa shape index (κ1) is 18.4. The van der Waals surface area contributed by atoms with E-state index in [-0.39, 0.29) is 24.1 Å². The maximum atomic E-state index is 13.7. The molecule has 0 bridgehead atoms. The second-order valence-corrected chi connectivity index (χ2v) is 6.97. The van der Waals surface area contributed by atoms with Gasteiger partial charge in [-0.2, -0.15) is 0 Å². The van der Waals surface area contributed by atoms with Crippen LogP contribution >= 0.6 is 11.6 Å². The average Bonchev–Trinajstić information content (AvgIpc) is 2.98. The molecule has 1 fully saturated rings.